The van der Waals surface area contributed by atoms with Gasteiger partial charge in [-0.15, -0.1) is 0 Å². The highest BCUT2D eigenvalue weighted by atomic mass is 32.2. The van der Waals surface area contributed by atoms with Crippen LogP contribution in [0, 0.1) is 0 Å². The molecule has 2 amide bonds. The van der Waals surface area contributed by atoms with E-state index >= 15 is 0 Å². The Labute approximate surface area is 198 Å². The van der Waals surface area contributed by atoms with Crippen molar-refractivity contribution in [2.45, 2.75) is 44.8 Å². The van der Waals surface area contributed by atoms with E-state index in [1.807, 2.05) is 30.9 Å². The molecule has 2 aromatic carbocycles. The quantitative estimate of drug-likeness (QED) is 0.672. The number of hydrogen-bond acceptors (Lipinski definition) is 6. The van der Waals surface area contributed by atoms with Gasteiger partial charge in [0.25, 0.3) is 11.1 Å². The average Bonchev–Trinajstić information content (AvgIpc) is 2.79. The van der Waals surface area contributed by atoms with Gasteiger partial charge in [-0.2, -0.15) is 5.10 Å². The van der Waals surface area contributed by atoms with E-state index in [-0.39, 0.29) is 21.8 Å². The zero-order valence-corrected chi connectivity index (χ0v) is 20.4. The van der Waals surface area contributed by atoms with Crippen LogP contribution in [0.4, 0.5) is 10.5 Å². The maximum Gasteiger partial charge on any atom is 0.299 e. The fourth-order valence-electron chi connectivity index (χ4n) is 4.30. The van der Waals surface area contributed by atoms with Crippen molar-refractivity contribution in [3.05, 3.63) is 53.1 Å². The summed E-state index contributed by atoms with van der Waals surface area (Å²) in [7, 11) is 1.58. The molecule has 0 fully saturated rings. The number of amides is 2. The number of thioether (sulfide) groups is 1. The summed E-state index contributed by atoms with van der Waals surface area (Å²) in [5, 5.41) is 4.10. The summed E-state index contributed by atoms with van der Waals surface area (Å²) in [6, 6.07) is 11.4. The first kappa shape index (κ1) is 23.2. The predicted octanol–water partition coefficient (Wildman–Crippen LogP) is 4.97. The largest absolute Gasteiger partial charge is 0.493 e. The minimum absolute atomic E-state index is 0.0440. The first-order valence-corrected chi connectivity index (χ1v) is 11.9. The molecule has 174 valence electrons. The Hall–Kier alpha value is -3.00. The van der Waals surface area contributed by atoms with Crippen molar-refractivity contribution in [1.29, 1.82) is 0 Å². The van der Waals surface area contributed by atoms with Crippen molar-refractivity contribution >= 4 is 34.3 Å². The third-order valence-corrected chi connectivity index (χ3v) is 7.05. The molecule has 8 heteroatoms. The number of hydrazone groups is 1. The van der Waals surface area contributed by atoms with Gasteiger partial charge in [-0.1, -0.05) is 31.7 Å². The van der Waals surface area contributed by atoms with Crippen LogP contribution < -0.4 is 19.8 Å². The second kappa shape index (κ2) is 9.09. The lowest BCUT2D eigenvalue weighted by atomic mass is 9.76. The molecule has 1 N–H and O–H groups in total. The summed E-state index contributed by atoms with van der Waals surface area (Å²) >= 11 is 1.22. The highest BCUT2D eigenvalue weighted by Crippen LogP contribution is 2.41. The van der Waals surface area contributed by atoms with Gasteiger partial charge in [-0.3, -0.25) is 9.59 Å². The molecule has 0 aromatic heterocycles. The van der Waals surface area contributed by atoms with Gasteiger partial charge >= 0.3 is 0 Å². The van der Waals surface area contributed by atoms with Gasteiger partial charge in [0.05, 0.1) is 24.7 Å². The first-order valence-electron chi connectivity index (χ1n) is 11.1. The Morgan fingerprint density at radius 3 is 2.73 bits per heavy atom. The molecule has 1 unspecified atom stereocenters. The van der Waals surface area contributed by atoms with E-state index in [4.69, 9.17) is 9.47 Å². The van der Waals surface area contributed by atoms with Crippen LogP contribution in [0.25, 0.3) is 0 Å². The molecule has 7 nitrogen and oxygen atoms in total. The van der Waals surface area contributed by atoms with Crippen molar-refractivity contribution in [2.75, 3.05) is 25.2 Å². The number of hydrogen-bond donors (Lipinski definition) is 1. The number of carbonyl (C=O) groups is 2. The van der Waals surface area contributed by atoms with Gasteiger partial charge in [0.15, 0.2) is 11.5 Å². The number of benzene rings is 2. The Bertz CT molecular complexity index is 1130. The van der Waals surface area contributed by atoms with Crippen LogP contribution in [0.15, 0.2) is 41.5 Å². The number of nitrogens with zero attached hydrogens (tertiary/aromatic N) is 2. The number of anilines is 1. The highest BCUT2D eigenvalue weighted by Gasteiger charge is 2.35. The third kappa shape index (κ3) is 4.44. The molecule has 0 aliphatic carbocycles. The van der Waals surface area contributed by atoms with Gasteiger partial charge in [-0.05, 0) is 67.1 Å². The fourth-order valence-corrected chi connectivity index (χ4v) is 5.02. The summed E-state index contributed by atoms with van der Waals surface area (Å²) in [5.74, 6) is 1.09. The lowest BCUT2D eigenvalue weighted by Crippen LogP contribution is -2.41. The van der Waals surface area contributed by atoms with Crippen LogP contribution in [-0.4, -0.2) is 42.4 Å². The van der Waals surface area contributed by atoms with Crippen molar-refractivity contribution in [3.8, 4) is 11.5 Å². The maximum atomic E-state index is 13.6. The fraction of sp³-hybridized carbons (Fsp3) is 0.400. The molecule has 0 saturated carbocycles. The normalized spacial score (nSPS) is 19.3. The molecule has 2 heterocycles. The first-order chi connectivity index (χ1) is 15.7. The van der Waals surface area contributed by atoms with Crippen LogP contribution in [0.2, 0.25) is 0 Å². The lowest BCUT2D eigenvalue weighted by molar-refractivity contribution is 0.0982. The molecule has 4 rings (SSSR count). The molecular formula is C25H29N3O4S. The second-order valence-electron chi connectivity index (χ2n) is 8.78. The average molecular weight is 468 g/mol. The molecule has 33 heavy (non-hydrogen) atoms. The Kier molecular flexibility index (Phi) is 6.38. The summed E-state index contributed by atoms with van der Waals surface area (Å²) in [4.78, 5) is 27.0. The van der Waals surface area contributed by atoms with Crippen LogP contribution in [-0.2, 0) is 5.41 Å². The summed E-state index contributed by atoms with van der Waals surface area (Å²) in [6.45, 7) is 9.37. The number of carbonyl (C=O) groups excluding carboxylic acids is 2. The van der Waals surface area contributed by atoms with Gasteiger partial charge in [0.1, 0.15) is 0 Å². The van der Waals surface area contributed by atoms with E-state index in [9.17, 15) is 9.59 Å². The van der Waals surface area contributed by atoms with Crippen LogP contribution in [0.5, 0.6) is 11.5 Å². The highest BCUT2D eigenvalue weighted by molar-refractivity contribution is 8.14. The van der Waals surface area contributed by atoms with Crippen molar-refractivity contribution in [1.82, 2.24) is 5.43 Å². The van der Waals surface area contributed by atoms with Crippen LogP contribution in [0.1, 0.15) is 55.6 Å². The van der Waals surface area contributed by atoms with E-state index in [1.165, 1.54) is 11.8 Å². The minimum atomic E-state index is -0.146. The monoisotopic (exact) mass is 467 g/mol. The third-order valence-electron chi connectivity index (χ3n) is 6.16. The van der Waals surface area contributed by atoms with Crippen molar-refractivity contribution in [3.63, 3.8) is 0 Å². The van der Waals surface area contributed by atoms with Gasteiger partial charge in [-0.25, -0.2) is 5.43 Å². The smallest absolute Gasteiger partial charge is 0.299 e. The number of rotatable bonds is 5. The van der Waals surface area contributed by atoms with E-state index in [0.29, 0.717) is 30.2 Å². The van der Waals surface area contributed by atoms with E-state index in [1.54, 1.807) is 25.3 Å². The SMILES string of the molecule is CCOc1cc(C(=O)N2CCC(C)(C)c3cc(C4=NNC(=O)SC4C)ccc32)ccc1OC. The number of fused-ring (bicyclic) bond motifs is 1. The van der Waals surface area contributed by atoms with Crippen molar-refractivity contribution < 1.29 is 19.1 Å². The van der Waals surface area contributed by atoms with Crippen LogP contribution >= 0.6 is 11.8 Å². The predicted molar refractivity (Wildman–Crippen MR) is 132 cm³/mol. The molecule has 1 atom stereocenters. The molecule has 2 aliphatic heterocycles. The maximum absolute atomic E-state index is 13.6. The standard InChI is InChI=1S/C25H29N3O4S/c1-6-32-21-14-17(8-10-20(21)31-5)23(29)28-12-11-25(3,4)18-13-16(7-9-19(18)28)22-15(2)33-24(30)27-26-22/h7-10,13-15H,6,11-12H2,1-5H3,(H,27,30). The zero-order valence-electron chi connectivity index (χ0n) is 19.6. The lowest BCUT2D eigenvalue weighted by Gasteiger charge is -2.39. The van der Waals surface area contributed by atoms with Gasteiger partial charge in [0, 0.05) is 17.8 Å². The molecule has 0 bridgehead atoms. The minimum Gasteiger partial charge on any atom is -0.493 e. The molecule has 2 aliphatic rings. The molecule has 2 aromatic rings. The van der Waals surface area contributed by atoms with E-state index in [0.717, 1.165) is 28.9 Å². The number of ether oxygens (including phenoxy) is 2. The van der Waals surface area contributed by atoms with E-state index < -0.39 is 0 Å². The Morgan fingerprint density at radius 1 is 1.24 bits per heavy atom. The Balaban J connectivity index is 1.71. The summed E-state index contributed by atoms with van der Waals surface area (Å²) in [5.41, 5.74) is 6.79. The topological polar surface area (TPSA) is 80.2 Å². The van der Waals surface area contributed by atoms with Crippen LogP contribution in [0.3, 0.4) is 0 Å². The summed E-state index contributed by atoms with van der Waals surface area (Å²) in [6.07, 6.45) is 0.831. The van der Waals surface area contributed by atoms with Crippen molar-refractivity contribution in [2.24, 2.45) is 5.10 Å². The molecule has 0 saturated heterocycles. The molecule has 0 radical (unpaired) electrons. The Morgan fingerprint density at radius 2 is 2.03 bits per heavy atom. The molecule has 0 spiro atoms. The summed E-state index contributed by atoms with van der Waals surface area (Å²) < 4.78 is 11.0. The molecular weight excluding hydrogens is 438 g/mol. The second-order valence-corrected chi connectivity index (χ2v) is 10.1. The van der Waals surface area contributed by atoms with Gasteiger partial charge in [0.2, 0.25) is 0 Å². The van der Waals surface area contributed by atoms with Gasteiger partial charge < -0.3 is 14.4 Å². The van der Waals surface area contributed by atoms with E-state index in [2.05, 4.69) is 30.4 Å². The zero-order chi connectivity index (χ0) is 23.8. The number of nitrogens with one attached hydrogen (secondary N) is 1. The number of methoxy groups -OCH3 is 1.